The average Bonchev–Trinajstić information content (AvgIpc) is 1.67. The number of hydrogen-bond acceptors (Lipinski definition) is 31. The number of carbonyl (C=O) groups is 5. The van der Waals surface area contributed by atoms with Gasteiger partial charge in [0, 0.05) is 96.9 Å². The van der Waals surface area contributed by atoms with Crippen LogP contribution in [-0.4, -0.2) is 304 Å². The minimum absolute atomic E-state index is 0.00185. The zero-order chi connectivity index (χ0) is 94.4. The number of carbonyl (C=O) groups excluding carboxylic acids is 5. The molecule has 35 nitrogen and oxygen atoms in total. The number of ketones is 1. The van der Waals surface area contributed by atoms with E-state index in [9.17, 15) is 44.4 Å². The number of anilines is 2. The van der Waals surface area contributed by atoms with Gasteiger partial charge in [-0.25, -0.2) is 19.4 Å². The van der Waals surface area contributed by atoms with Crippen LogP contribution in [0.2, 0.25) is 0 Å². The number of allylic oxidation sites excluding steroid dienone is 5. The topological polar surface area (TPSA) is 448 Å². The molecular weight excluding hydrogens is 1690 g/mol. The quantitative estimate of drug-likeness (QED) is 0.00636. The minimum atomic E-state index is -2.44. The molecule has 35 heteroatoms. The maximum absolute atomic E-state index is 14.6. The number of methoxy groups -OCH3 is 3. The number of hydrogen-bond donors (Lipinski definition) is 7. The van der Waals surface area contributed by atoms with Crippen molar-refractivity contribution in [1.29, 1.82) is 0 Å². The fourth-order valence-electron chi connectivity index (χ4n) is 17.3. The zero-order valence-electron chi connectivity index (χ0n) is 78.8. The van der Waals surface area contributed by atoms with Crippen LogP contribution in [0, 0.1) is 35.5 Å². The summed E-state index contributed by atoms with van der Waals surface area (Å²) >= 11 is 0. The number of rotatable bonds is 38. The van der Waals surface area contributed by atoms with Crippen molar-refractivity contribution in [2.24, 2.45) is 40.7 Å². The molecule has 3 fully saturated rings. The lowest BCUT2D eigenvalue weighted by Crippen LogP contribution is -2.61. The molecule has 10 rings (SSSR count). The molecule has 3 amide bonds. The first-order chi connectivity index (χ1) is 63.2. The van der Waals surface area contributed by atoms with Crippen LogP contribution in [0.1, 0.15) is 162 Å². The molecule has 728 valence electrons. The van der Waals surface area contributed by atoms with Crippen LogP contribution in [0.3, 0.4) is 0 Å². The summed E-state index contributed by atoms with van der Waals surface area (Å²) in [5, 5.41) is 59.6. The van der Waals surface area contributed by atoms with E-state index in [1.807, 2.05) is 92.8 Å². The Morgan fingerprint density at radius 2 is 1.40 bits per heavy atom. The third kappa shape index (κ3) is 32.3. The van der Waals surface area contributed by atoms with Gasteiger partial charge >= 0.3 is 5.97 Å². The summed E-state index contributed by atoms with van der Waals surface area (Å²) in [5.41, 5.74) is 20.5. The Hall–Kier alpha value is -8.60. The number of amides is 3. The van der Waals surface area contributed by atoms with Crippen LogP contribution in [0.5, 0.6) is 0 Å². The zero-order valence-corrected chi connectivity index (χ0v) is 78.8. The fourth-order valence-corrected chi connectivity index (χ4v) is 17.3. The smallest absolute Gasteiger partial charge is 0.329 e. The molecule has 4 aliphatic heterocycles. The van der Waals surface area contributed by atoms with E-state index in [1.165, 1.54) is 23.9 Å². The number of cyclic esters (lactones) is 1. The van der Waals surface area contributed by atoms with E-state index < -0.39 is 96.6 Å². The Kier molecular flexibility index (Phi) is 44.8. The highest BCUT2D eigenvalue weighted by Crippen LogP contribution is 2.40. The first-order valence-electron chi connectivity index (χ1n) is 46.6. The number of nitrogen functional groups attached to an aromatic ring is 2. The molecule has 5 aromatic rings. The lowest BCUT2D eigenvalue weighted by atomic mass is 9.78. The molecule has 7 heterocycles. The minimum Gasteiger partial charge on any atom is -0.460 e. The van der Waals surface area contributed by atoms with E-state index in [2.05, 4.69) is 50.5 Å². The van der Waals surface area contributed by atoms with Gasteiger partial charge in [-0.15, -0.1) is 0 Å². The Bertz CT molecular complexity index is 4520. The van der Waals surface area contributed by atoms with Crippen molar-refractivity contribution < 1.29 is 115 Å². The van der Waals surface area contributed by atoms with E-state index in [-0.39, 0.29) is 74.2 Å². The first-order valence-corrected chi connectivity index (χ1v) is 46.6. The molecule has 0 radical (unpaired) electrons. The predicted molar refractivity (Wildman–Crippen MR) is 492 cm³/mol. The number of esters is 1. The Morgan fingerprint density at radius 1 is 0.718 bits per heavy atom. The van der Waals surface area contributed by atoms with Crippen LogP contribution in [0.15, 0.2) is 99.9 Å². The molecule has 9 N–H and O–H groups in total. The molecule has 0 unspecified atom stereocenters. The number of Topliss-reactive ketones (excluding diaryl/α,β-unsaturated/α-hetero) is 1. The number of aliphatic hydroxyl groups is 4. The number of nitrogens with zero attached hydrogens (tertiary/aromatic N) is 8. The van der Waals surface area contributed by atoms with E-state index in [1.54, 1.807) is 41.1 Å². The van der Waals surface area contributed by atoms with Crippen molar-refractivity contribution in [3.8, 4) is 11.3 Å². The third-order valence-corrected chi connectivity index (χ3v) is 24.9. The lowest BCUT2D eigenvalue weighted by molar-refractivity contribution is -0.265. The van der Waals surface area contributed by atoms with Crippen LogP contribution >= 0.6 is 0 Å². The molecule has 2 saturated heterocycles. The van der Waals surface area contributed by atoms with Crippen molar-refractivity contribution in [1.82, 2.24) is 39.8 Å². The molecule has 5 aliphatic rings. The predicted octanol–water partition coefficient (Wildman–Crippen LogP) is 9.19. The molecule has 3 aromatic heterocycles. The summed E-state index contributed by atoms with van der Waals surface area (Å²) in [6.07, 6.45) is 13.2. The monoisotopic (exact) mass is 1840 g/mol. The van der Waals surface area contributed by atoms with Crippen molar-refractivity contribution in [3.63, 3.8) is 0 Å². The summed E-state index contributed by atoms with van der Waals surface area (Å²) in [4.78, 5) is 90.9. The van der Waals surface area contributed by atoms with Gasteiger partial charge in [0.15, 0.2) is 17.8 Å². The molecule has 0 spiro atoms. The van der Waals surface area contributed by atoms with Gasteiger partial charge in [0.25, 0.3) is 23.6 Å². The number of ether oxygens (including phenoxy) is 13. The van der Waals surface area contributed by atoms with Crippen LogP contribution in [-0.2, 0) is 110 Å². The number of aliphatic hydroxyl groups excluding tert-OH is 3. The first kappa shape index (κ1) is 106. The Morgan fingerprint density at radius 3 is 2.08 bits per heavy atom. The van der Waals surface area contributed by atoms with Gasteiger partial charge in [-0.1, -0.05) is 94.4 Å². The van der Waals surface area contributed by atoms with Crippen LogP contribution < -0.4 is 16.8 Å². The average molecular weight is 1840 g/mol. The Balaban J connectivity index is 0.000000328. The van der Waals surface area contributed by atoms with E-state index in [0.717, 1.165) is 35.1 Å². The van der Waals surface area contributed by atoms with Crippen molar-refractivity contribution in [2.75, 3.05) is 165 Å². The maximum Gasteiger partial charge on any atom is 0.329 e. The SMILES string of the molecule is CCOCCOCCOCCNC(=O)CON=C1[C@H](C)C[C@H](C)/C=C/C=C/C=C(\C)[C@@H](OC)C[C@@H]2CC[C@@H](C)[C@@](O)(O2)C(=O)C(=O)N2CCCC[C@H]2C(=O)O[C@H]([C@H](C)C[C@@H]2CC[C@@H](O)[C@H](OC)C2)C[C@@H](O)[C@H](C)/C=C(\C)[C@@H](O)[C@H]1OC.CCOCCOCCOCCOCCOCCC(=O)N1CCc2cc(Cn3nc(-c4ccc5oc(N)nc5c4)c4c(N)ncnc43)ccc2C1. The van der Waals surface area contributed by atoms with Gasteiger partial charge in [0.1, 0.15) is 47.7 Å². The van der Waals surface area contributed by atoms with E-state index in [0.29, 0.717) is 228 Å². The molecule has 131 heavy (non-hydrogen) atoms. The third-order valence-electron chi connectivity index (χ3n) is 24.9. The molecule has 2 bridgehead atoms. The number of oxazole rings is 1. The second kappa shape index (κ2) is 55.3. The van der Waals surface area contributed by atoms with Crippen molar-refractivity contribution in [3.05, 3.63) is 107 Å². The number of aromatic nitrogens is 5. The van der Waals surface area contributed by atoms with Crippen molar-refractivity contribution in [2.45, 2.75) is 226 Å². The number of fused-ring (bicyclic) bond motifs is 6. The van der Waals surface area contributed by atoms with Gasteiger partial charge in [-0.2, -0.15) is 10.1 Å². The number of oxime groups is 1. The summed E-state index contributed by atoms with van der Waals surface area (Å²) in [6.45, 7) is 26.4. The second-order valence-electron chi connectivity index (χ2n) is 34.7. The van der Waals surface area contributed by atoms with Gasteiger partial charge in [-0.3, -0.25) is 19.2 Å². The molecule has 2 aromatic carbocycles. The highest BCUT2D eigenvalue weighted by molar-refractivity contribution is 6.39. The number of benzene rings is 2. The number of nitrogens with one attached hydrogen (secondary N) is 1. The second-order valence-corrected chi connectivity index (χ2v) is 34.7. The van der Waals surface area contributed by atoms with Gasteiger partial charge in [-0.05, 0) is 162 Å². The summed E-state index contributed by atoms with van der Waals surface area (Å²) < 4.78 is 80.9. The molecule has 1 saturated carbocycles. The maximum atomic E-state index is 14.6. The number of nitrogens with two attached hydrogens (primary N) is 2. The standard InChI is InChI=1S/C61H101N3O17.C35H44N8O7/c1-12-76-28-29-78-31-30-77-27-25-62-54(67)38-79-63-55-43(6)32-39(2)18-14-13-15-19-40(3)51(73-9)36-47-23-21-45(8)61(72,81-47)58(69)59(70)64-26-17-16-20-48(64)60(71)80-52(42(5)34-46-22-24-49(65)53(35-46)74-10)37-50(66)41(4)33-44(7)56(68)57(55)75-11;1-2-45-11-12-47-15-16-49-18-17-48-14-13-46-10-8-30(44)42-9-7-25-19-24(3-4-27(25)22-42)21-43-34-31(33(36)38-23-39-34)32(41-43)26-5-6-29-28(20-26)40-35(37)50-29/h13-15,18-19,33,39,41-43,45-53,56-57,65-66,68,72H,12,16-17,20-32,34-38H2,1-11H3,(H,62,67);3-6,19-20,23H,2,7-18,21-22H2,1H3,(H2,37,40)(H2,36,38,39)/b15-13+,18-14+,40-19+,44-33+,63-55?;/t39-,41-,42-,43-,45-,46+,47+,48+,49-,50-,51+,52+,53-,56-,57+,61-;/m1./s1. The summed E-state index contributed by atoms with van der Waals surface area (Å²) in [6, 6.07) is 10.9. The highest BCUT2D eigenvalue weighted by atomic mass is 16.6. The Labute approximate surface area is 770 Å². The summed E-state index contributed by atoms with van der Waals surface area (Å²) in [5.74, 6) is -7.15. The van der Waals surface area contributed by atoms with Crippen LogP contribution in [0.4, 0.5) is 11.8 Å². The van der Waals surface area contributed by atoms with E-state index >= 15 is 0 Å². The molecule has 1 aliphatic carbocycles. The van der Waals surface area contributed by atoms with Gasteiger partial charge in [0.2, 0.25) is 11.7 Å². The van der Waals surface area contributed by atoms with E-state index in [4.69, 9.17) is 87.4 Å². The fraction of sp³-hybridized carbons (Fsp3) is 0.667. The number of piperidine rings is 1. The van der Waals surface area contributed by atoms with Gasteiger partial charge in [0.05, 0.1) is 147 Å². The normalized spacial score (nSPS) is 27.3. The molecular formula is C96H145N11O24. The van der Waals surface area contributed by atoms with Crippen LogP contribution in [0.25, 0.3) is 33.4 Å². The molecule has 16 atom stereocenters. The van der Waals surface area contributed by atoms with Crippen molar-refractivity contribution >= 4 is 69.2 Å². The highest BCUT2D eigenvalue weighted by Gasteiger charge is 2.53. The largest absolute Gasteiger partial charge is 0.460 e. The summed E-state index contributed by atoms with van der Waals surface area (Å²) in [7, 11) is 4.61. The lowest BCUT2D eigenvalue weighted by Gasteiger charge is -2.43. The van der Waals surface area contributed by atoms with Gasteiger partial charge < -0.3 is 118 Å².